The summed E-state index contributed by atoms with van der Waals surface area (Å²) in [6, 6.07) is 0.674. The Morgan fingerprint density at radius 2 is 1.94 bits per heavy atom. The van der Waals surface area contributed by atoms with Gasteiger partial charge >= 0.3 is 5.84 Å². The predicted molar refractivity (Wildman–Crippen MR) is 64.9 cm³/mol. The van der Waals surface area contributed by atoms with Gasteiger partial charge in [0.15, 0.2) is 0 Å². The zero-order valence-corrected chi connectivity index (χ0v) is 10.8. The van der Waals surface area contributed by atoms with Gasteiger partial charge in [-0.1, -0.05) is 10.1 Å². The fraction of sp³-hybridized carbons (Fsp3) is 0.917. The Kier molecular flexibility index (Phi) is 3.38. The number of aliphatic imine (C=N–C) groups is 1. The number of rotatable bonds is 2. The summed E-state index contributed by atoms with van der Waals surface area (Å²) in [5, 5.41) is 4.42. The molecule has 0 N–H and O–H groups in total. The Morgan fingerprint density at radius 1 is 1.31 bits per heavy atom. The Labute approximate surface area is 98.1 Å². The fourth-order valence-corrected chi connectivity index (χ4v) is 2.65. The van der Waals surface area contributed by atoms with Crippen LogP contribution in [0, 0.1) is 5.92 Å². The van der Waals surface area contributed by atoms with Crippen molar-refractivity contribution in [1.29, 1.82) is 0 Å². The zero-order valence-electron chi connectivity index (χ0n) is 10.8. The van der Waals surface area contributed by atoms with Crippen molar-refractivity contribution in [1.82, 2.24) is 4.90 Å². The average molecular weight is 223 g/mol. The summed E-state index contributed by atoms with van der Waals surface area (Å²) in [4.78, 5) is 7.17. The number of likely N-dealkylation sites (tertiary alicyclic amines) is 1. The molecule has 1 saturated heterocycles. The monoisotopic (exact) mass is 223 g/mol. The van der Waals surface area contributed by atoms with Crippen LogP contribution < -0.4 is 0 Å². The lowest BCUT2D eigenvalue weighted by atomic mass is 9.94. The van der Waals surface area contributed by atoms with Gasteiger partial charge in [-0.25, -0.2) is 0 Å². The SMILES string of the molecule is CC1N=C(C2CCN(C(C)C)CC2)[N+](C)=N1. The van der Waals surface area contributed by atoms with Gasteiger partial charge in [-0.3, -0.25) is 0 Å². The molecule has 90 valence electrons. The van der Waals surface area contributed by atoms with E-state index in [1.165, 1.54) is 31.8 Å². The fourth-order valence-electron chi connectivity index (χ4n) is 2.65. The highest BCUT2D eigenvalue weighted by Crippen LogP contribution is 2.23. The van der Waals surface area contributed by atoms with Gasteiger partial charge in [0, 0.05) is 13.0 Å². The molecular weight excluding hydrogens is 200 g/mol. The predicted octanol–water partition coefficient (Wildman–Crippen LogP) is 1.96. The number of hydrogen-bond donors (Lipinski definition) is 0. The van der Waals surface area contributed by atoms with Gasteiger partial charge in [0.25, 0.3) is 6.17 Å². The molecule has 0 aliphatic carbocycles. The number of piperidine rings is 1. The second kappa shape index (κ2) is 4.62. The van der Waals surface area contributed by atoms with Gasteiger partial charge in [-0.15, -0.1) is 4.70 Å². The highest BCUT2D eigenvalue weighted by molar-refractivity contribution is 5.77. The van der Waals surface area contributed by atoms with Crippen molar-refractivity contribution in [2.45, 2.75) is 45.8 Å². The topological polar surface area (TPSA) is 31.0 Å². The molecular formula is C12H23N4+. The van der Waals surface area contributed by atoms with E-state index in [-0.39, 0.29) is 6.17 Å². The molecule has 1 fully saturated rings. The van der Waals surface area contributed by atoms with Crippen LogP contribution >= 0.6 is 0 Å². The molecule has 2 aliphatic rings. The van der Waals surface area contributed by atoms with Crippen molar-refractivity contribution in [3.63, 3.8) is 0 Å². The molecule has 2 rings (SSSR count). The number of hydrogen-bond acceptors (Lipinski definition) is 3. The maximum absolute atomic E-state index is 4.62. The van der Waals surface area contributed by atoms with Gasteiger partial charge in [0.2, 0.25) is 0 Å². The lowest BCUT2D eigenvalue weighted by Gasteiger charge is -2.32. The molecule has 16 heavy (non-hydrogen) atoms. The molecule has 0 amide bonds. The summed E-state index contributed by atoms with van der Waals surface area (Å²) in [5.74, 6) is 1.82. The number of nitrogens with zero attached hydrogens (tertiary/aromatic N) is 4. The van der Waals surface area contributed by atoms with Crippen molar-refractivity contribution >= 4 is 5.84 Å². The third-order valence-corrected chi connectivity index (χ3v) is 3.62. The molecule has 0 bridgehead atoms. The standard InChI is InChI=1S/C12H23N4/c1-9(2)16-7-5-11(6-8-16)12-13-10(3)14-15(12)4/h9-11H,5-8H2,1-4H3/q+1. The molecule has 0 spiro atoms. The molecule has 4 heteroatoms. The first-order valence-electron chi connectivity index (χ1n) is 6.34. The van der Waals surface area contributed by atoms with Gasteiger partial charge in [0.05, 0.1) is 5.92 Å². The molecule has 0 aromatic carbocycles. The van der Waals surface area contributed by atoms with Gasteiger partial charge in [0.1, 0.15) is 7.05 Å². The van der Waals surface area contributed by atoms with Crippen LogP contribution in [0.1, 0.15) is 33.6 Å². The number of amidine groups is 1. The average Bonchev–Trinajstić information content (AvgIpc) is 2.58. The smallest absolute Gasteiger partial charge is 0.301 e. The summed E-state index contributed by atoms with van der Waals surface area (Å²) >= 11 is 0. The minimum atomic E-state index is 0.128. The van der Waals surface area contributed by atoms with Crippen molar-refractivity contribution in [3.8, 4) is 0 Å². The van der Waals surface area contributed by atoms with Crippen LogP contribution in [0.2, 0.25) is 0 Å². The van der Waals surface area contributed by atoms with E-state index in [2.05, 4.69) is 28.9 Å². The van der Waals surface area contributed by atoms with E-state index in [0.29, 0.717) is 12.0 Å². The van der Waals surface area contributed by atoms with Crippen LogP contribution in [0.25, 0.3) is 0 Å². The van der Waals surface area contributed by atoms with Crippen LogP contribution in [0.4, 0.5) is 0 Å². The van der Waals surface area contributed by atoms with Crippen LogP contribution in [0.5, 0.6) is 0 Å². The Bertz CT molecular complexity index is 311. The third kappa shape index (κ3) is 2.32. The summed E-state index contributed by atoms with van der Waals surface area (Å²) in [6.45, 7) is 8.99. The maximum Gasteiger partial charge on any atom is 0.318 e. The quantitative estimate of drug-likeness (QED) is 0.658. The van der Waals surface area contributed by atoms with E-state index >= 15 is 0 Å². The Balaban J connectivity index is 1.95. The van der Waals surface area contributed by atoms with Gasteiger partial charge in [-0.2, -0.15) is 0 Å². The third-order valence-electron chi connectivity index (χ3n) is 3.62. The van der Waals surface area contributed by atoms with E-state index in [1.807, 2.05) is 18.7 Å². The second-order valence-electron chi connectivity index (χ2n) is 5.16. The van der Waals surface area contributed by atoms with Crippen molar-refractivity contribution < 1.29 is 4.70 Å². The Hall–Kier alpha value is -0.770. The molecule has 0 aromatic heterocycles. The summed E-state index contributed by atoms with van der Waals surface area (Å²) in [7, 11) is 2.02. The highest BCUT2D eigenvalue weighted by atomic mass is 15.4. The van der Waals surface area contributed by atoms with E-state index < -0.39 is 0 Å². The number of azo groups is 2. The van der Waals surface area contributed by atoms with E-state index in [4.69, 9.17) is 0 Å². The minimum absolute atomic E-state index is 0.128. The largest absolute Gasteiger partial charge is 0.318 e. The lowest BCUT2D eigenvalue weighted by molar-refractivity contribution is -0.451. The lowest BCUT2D eigenvalue weighted by Crippen LogP contribution is -2.41. The first-order valence-corrected chi connectivity index (χ1v) is 6.34. The second-order valence-corrected chi connectivity index (χ2v) is 5.16. The van der Waals surface area contributed by atoms with Crippen LogP contribution in [0.15, 0.2) is 10.1 Å². The highest BCUT2D eigenvalue weighted by Gasteiger charge is 2.34. The van der Waals surface area contributed by atoms with Crippen LogP contribution in [-0.2, 0) is 0 Å². The Morgan fingerprint density at radius 3 is 2.38 bits per heavy atom. The zero-order chi connectivity index (χ0) is 11.7. The molecule has 2 aliphatic heterocycles. The molecule has 1 unspecified atom stereocenters. The summed E-state index contributed by atoms with van der Waals surface area (Å²) < 4.78 is 1.99. The summed E-state index contributed by atoms with van der Waals surface area (Å²) in [5.41, 5.74) is 0. The molecule has 1 atom stereocenters. The minimum Gasteiger partial charge on any atom is -0.301 e. The van der Waals surface area contributed by atoms with Crippen molar-refractivity contribution in [3.05, 3.63) is 0 Å². The molecule has 4 nitrogen and oxygen atoms in total. The van der Waals surface area contributed by atoms with E-state index in [0.717, 1.165) is 0 Å². The van der Waals surface area contributed by atoms with E-state index in [9.17, 15) is 0 Å². The van der Waals surface area contributed by atoms with Gasteiger partial charge < -0.3 is 4.90 Å². The maximum atomic E-state index is 4.62. The van der Waals surface area contributed by atoms with Crippen LogP contribution in [0.3, 0.4) is 0 Å². The van der Waals surface area contributed by atoms with Crippen molar-refractivity contribution in [2.24, 2.45) is 16.0 Å². The first-order chi connectivity index (χ1) is 7.58. The normalized spacial score (nSPS) is 28.4. The summed E-state index contributed by atoms with van der Waals surface area (Å²) in [6.07, 6.45) is 2.58. The van der Waals surface area contributed by atoms with E-state index in [1.54, 1.807) is 0 Å². The molecule has 0 saturated carbocycles. The molecule has 0 radical (unpaired) electrons. The van der Waals surface area contributed by atoms with Gasteiger partial charge in [-0.05, 0) is 39.8 Å². The van der Waals surface area contributed by atoms with Crippen LogP contribution in [-0.4, -0.2) is 47.8 Å². The first kappa shape index (κ1) is 11.7. The molecule has 0 aromatic rings. The molecule has 2 heterocycles. The van der Waals surface area contributed by atoms with Crippen molar-refractivity contribution in [2.75, 3.05) is 20.1 Å².